The number of nitrogens with zero attached hydrogens (tertiary/aromatic N) is 1. The van der Waals surface area contributed by atoms with Crippen molar-refractivity contribution in [1.29, 1.82) is 0 Å². The quantitative estimate of drug-likeness (QED) is 0.812. The van der Waals surface area contributed by atoms with Crippen LogP contribution >= 0.6 is 0 Å². The molecule has 0 unspecified atom stereocenters. The lowest BCUT2D eigenvalue weighted by atomic mass is 9.99. The second-order valence-electron chi connectivity index (χ2n) is 5.17. The van der Waals surface area contributed by atoms with Gasteiger partial charge in [0.05, 0.1) is 0 Å². The van der Waals surface area contributed by atoms with Gasteiger partial charge >= 0.3 is 0 Å². The van der Waals surface area contributed by atoms with E-state index in [2.05, 4.69) is 29.2 Å². The maximum Gasteiger partial charge on any atom is 0.123 e. The first-order valence-electron chi connectivity index (χ1n) is 6.85. The molecule has 0 fully saturated rings. The average Bonchev–Trinajstić information content (AvgIpc) is 2.46. The average molecular weight is 255 g/mol. The van der Waals surface area contributed by atoms with E-state index < -0.39 is 0 Å². The van der Waals surface area contributed by atoms with Crippen LogP contribution in [0.15, 0.2) is 48.5 Å². The zero-order chi connectivity index (χ0) is 13.1. The molecule has 3 rings (SSSR count). The summed E-state index contributed by atoms with van der Waals surface area (Å²) < 4.78 is 12.8. The molecule has 0 N–H and O–H groups in total. The third-order valence-electron chi connectivity index (χ3n) is 3.84. The van der Waals surface area contributed by atoms with E-state index in [1.165, 1.54) is 16.7 Å². The van der Waals surface area contributed by atoms with E-state index in [9.17, 15) is 4.39 Å². The van der Waals surface area contributed by atoms with Gasteiger partial charge in [0.25, 0.3) is 0 Å². The SMILES string of the molecule is Fc1ccc(CCN2CCc3ccccc3C2)cc1. The van der Waals surface area contributed by atoms with Crippen LogP contribution in [0.1, 0.15) is 16.7 Å². The number of rotatable bonds is 3. The summed E-state index contributed by atoms with van der Waals surface area (Å²) in [6.07, 6.45) is 2.13. The van der Waals surface area contributed by atoms with Crippen LogP contribution in [0, 0.1) is 5.82 Å². The monoisotopic (exact) mass is 255 g/mol. The third-order valence-corrected chi connectivity index (χ3v) is 3.84. The van der Waals surface area contributed by atoms with Crippen LogP contribution in [0.25, 0.3) is 0 Å². The summed E-state index contributed by atoms with van der Waals surface area (Å²) >= 11 is 0. The van der Waals surface area contributed by atoms with Crippen molar-refractivity contribution in [3.63, 3.8) is 0 Å². The minimum Gasteiger partial charge on any atom is -0.298 e. The normalized spacial score (nSPS) is 15.2. The first-order chi connectivity index (χ1) is 9.31. The summed E-state index contributed by atoms with van der Waals surface area (Å²) in [5, 5.41) is 0. The van der Waals surface area contributed by atoms with Gasteiger partial charge in [-0.1, -0.05) is 36.4 Å². The molecule has 1 aliphatic rings. The Labute approximate surface area is 113 Å². The summed E-state index contributed by atoms with van der Waals surface area (Å²) in [6.45, 7) is 3.20. The zero-order valence-corrected chi connectivity index (χ0v) is 11.0. The second-order valence-corrected chi connectivity index (χ2v) is 5.17. The smallest absolute Gasteiger partial charge is 0.123 e. The third kappa shape index (κ3) is 3.02. The van der Waals surface area contributed by atoms with Crippen molar-refractivity contribution >= 4 is 0 Å². The highest BCUT2D eigenvalue weighted by atomic mass is 19.1. The van der Waals surface area contributed by atoms with E-state index in [1.54, 1.807) is 12.1 Å². The predicted octanol–water partition coefficient (Wildman–Crippen LogP) is 3.43. The number of halogens is 1. The van der Waals surface area contributed by atoms with Crippen LogP contribution in [0.5, 0.6) is 0 Å². The molecule has 0 saturated heterocycles. The van der Waals surface area contributed by atoms with E-state index in [0.29, 0.717) is 0 Å². The lowest BCUT2D eigenvalue weighted by Crippen LogP contribution is -2.32. The van der Waals surface area contributed by atoms with Crippen LogP contribution in [0.2, 0.25) is 0 Å². The van der Waals surface area contributed by atoms with Gasteiger partial charge in [-0.3, -0.25) is 4.90 Å². The molecule has 0 atom stereocenters. The highest BCUT2D eigenvalue weighted by molar-refractivity contribution is 5.29. The van der Waals surface area contributed by atoms with Crippen molar-refractivity contribution in [2.24, 2.45) is 0 Å². The largest absolute Gasteiger partial charge is 0.298 e. The van der Waals surface area contributed by atoms with Gasteiger partial charge in [-0.25, -0.2) is 4.39 Å². The first-order valence-corrected chi connectivity index (χ1v) is 6.85. The van der Waals surface area contributed by atoms with Gasteiger partial charge in [-0.15, -0.1) is 0 Å². The summed E-state index contributed by atoms with van der Waals surface area (Å²) in [5.74, 6) is -0.157. The van der Waals surface area contributed by atoms with Crippen molar-refractivity contribution in [2.45, 2.75) is 19.4 Å². The van der Waals surface area contributed by atoms with Crippen LogP contribution in [0.4, 0.5) is 4.39 Å². The topological polar surface area (TPSA) is 3.24 Å². The molecule has 1 heterocycles. The van der Waals surface area contributed by atoms with Crippen molar-refractivity contribution < 1.29 is 4.39 Å². The highest BCUT2D eigenvalue weighted by Gasteiger charge is 2.14. The van der Waals surface area contributed by atoms with Crippen molar-refractivity contribution in [3.8, 4) is 0 Å². The minimum atomic E-state index is -0.157. The van der Waals surface area contributed by atoms with Gasteiger partial charge in [-0.2, -0.15) is 0 Å². The Bertz CT molecular complexity index is 547. The molecule has 0 bridgehead atoms. The Morgan fingerprint density at radius 3 is 2.47 bits per heavy atom. The highest BCUT2D eigenvalue weighted by Crippen LogP contribution is 2.18. The standard InChI is InChI=1S/C17H18FN/c18-17-7-5-14(6-8-17)9-11-19-12-10-15-3-1-2-4-16(15)13-19/h1-8H,9-13H2. The molecule has 1 aliphatic heterocycles. The van der Waals surface area contributed by atoms with Crippen molar-refractivity contribution in [2.75, 3.05) is 13.1 Å². The molecule has 2 heteroatoms. The molecule has 0 spiro atoms. The van der Waals surface area contributed by atoms with Gasteiger partial charge in [-0.05, 0) is 41.7 Å². The molecule has 0 aliphatic carbocycles. The Balaban J connectivity index is 1.59. The van der Waals surface area contributed by atoms with E-state index in [-0.39, 0.29) is 5.82 Å². The molecule has 0 saturated carbocycles. The molecule has 1 nitrogen and oxygen atoms in total. The predicted molar refractivity (Wildman–Crippen MR) is 75.5 cm³/mol. The maximum atomic E-state index is 12.8. The van der Waals surface area contributed by atoms with Gasteiger partial charge in [0.2, 0.25) is 0 Å². The Morgan fingerprint density at radius 1 is 0.947 bits per heavy atom. The summed E-state index contributed by atoms with van der Waals surface area (Å²) in [4.78, 5) is 2.48. The van der Waals surface area contributed by atoms with Gasteiger partial charge < -0.3 is 0 Å². The second kappa shape index (κ2) is 5.54. The molecule has 2 aromatic carbocycles. The molecular formula is C17H18FN. The molecule has 2 aromatic rings. The summed E-state index contributed by atoms with van der Waals surface area (Å²) in [6, 6.07) is 15.5. The summed E-state index contributed by atoms with van der Waals surface area (Å²) in [7, 11) is 0. The molecular weight excluding hydrogens is 237 g/mol. The lowest BCUT2D eigenvalue weighted by Gasteiger charge is -2.28. The Morgan fingerprint density at radius 2 is 1.68 bits per heavy atom. The molecule has 19 heavy (non-hydrogen) atoms. The van der Waals surface area contributed by atoms with Crippen LogP contribution in [-0.2, 0) is 19.4 Å². The van der Waals surface area contributed by atoms with Crippen LogP contribution in [0.3, 0.4) is 0 Å². The fourth-order valence-electron chi connectivity index (χ4n) is 2.68. The maximum absolute atomic E-state index is 12.8. The fourth-order valence-corrected chi connectivity index (χ4v) is 2.68. The van der Waals surface area contributed by atoms with Gasteiger partial charge in [0.15, 0.2) is 0 Å². The minimum absolute atomic E-state index is 0.157. The van der Waals surface area contributed by atoms with Gasteiger partial charge in [0, 0.05) is 19.6 Å². The van der Waals surface area contributed by atoms with Crippen molar-refractivity contribution in [1.82, 2.24) is 4.90 Å². The van der Waals surface area contributed by atoms with Crippen LogP contribution < -0.4 is 0 Å². The number of hydrogen-bond donors (Lipinski definition) is 0. The number of hydrogen-bond acceptors (Lipinski definition) is 1. The fraction of sp³-hybridized carbons (Fsp3) is 0.294. The number of fused-ring (bicyclic) bond motifs is 1. The first kappa shape index (κ1) is 12.4. The Kier molecular flexibility index (Phi) is 3.60. The zero-order valence-electron chi connectivity index (χ0n) is 11.0. The van der Waals surface area contributed by atoms with E-state index >= 15 is 0 Å². The van der Waals surface area contributed by atoms with Crippen LogP contribution in [-0.4, -0.2) is 18.0 Å². The van der Waals surface area contributed by atoms with E-state index in [0.717, 1.165) is 32.5 Å². The molecule has 98 valence electrons. The molecule has 0 radical (unpaired) electrons. The van der Waals surface area contributed by atoms with E-state index in [1.807, 2.05) is 12.1 Å². The summed E-state index contributed by atoms with van der Waals surface area (Å²) in [5.41, 5.74) is 4.15. The molecule has 0 amide bonds. The molecule has 0 aromatic heterocycles. The van der Waals surface area contributed by atoms with Gasteiger partial charge in [0.1, 0.15) is 5.82 Å². The lowest BCUT2D eigenvalue weighted by molar-refractivity contribution is 0.257. The van der Waals surface area contributed by atoms with E-state index in [4.69, 9.17) is 0 Å². The Hall–Kier alpha value is -1.67. The van der Waals surface area contributed by atoms with Crippen molar-refractivity contribution in [3.05, 3.63) is 71.0 Å². The number of benzene rings is 2.